The molecular weight excluding hydrogens is 294 g/mol. The molecule has 0 saturated carbocycles. The van der Waals surface area contributed by atoms with Crippen LogP contribution in [0, 0.1) is 5.92 Å². The summed E-state index contributed by atoms with van der Waals surface area (Å²) >= 11 is 3.57. The maximum Gasteiger partial charge on any atom is 0.311 e. The topological polar surface area (TPSA) is 29.5 Å². The Morgan fingerprint density at radius 3 is 2.72 bits per heavy atom. The Balaban J connectivity index is 2.33. The molecular formula is C14H18BrNO2. The van der Waals surface area contributed by atoms with Crippen LogP contribution >= 0.6 is 15.9 Å². The Kier molecular flexibility index (Phi) is 3.66. The minimum absolute atomic E-state index is 0.0744. The first-order valence-electron chi connectivity index (χ1n) is 6.08. The highest BCUT2D eigenvalue weighted by Crippen LogP contribution is 2.41. The number of methoxy groups -OCH3 is 1. The fourth-order valence-electron chi connectivity index (χ4n) is 2.74. The second-order valence-corrected chi connectivity index (χ2v) is 5.98. The number of benzene rings is 1. The third-order valence-corrected chi connectivity index (χ3v) is 4.49. The predicted molar refractivity (Wildman–Crippen MR) is 75.7 cm³/mol. The van der Waals surface area contributed by atoms with Gasteiger partial charge in [-0.3, -0.25) is 4.79 Å². The van der Waals surface area contributed by atoms with Crippen LogP contribution in [0.3, 0.4) is 0 Å². The smallest absolute Gasteiger partial charge is 0.311 e. The largest absolute Gasteiger partial charge is 0.469 e. The zero-order chi connectivity index (χ0) is 13.3. The van der Waals surface area contributed by atoms with Gasteiger partial charge in [-0.25, -0.2) is 0 Å². The quantitative estimate of drug-likeness (QED) is 0.785. The maximum atomic E-state index is 11.8. The lowest BCUT2D eigenvalue weighted by Gasteiger charge is -2.37. The third kappa shape index (κ3) is 2.14. The molecule has 2 rings (SSSR count). The van der Waals surface area contributed by atoms with Crippen molar-refractivity contribution in [2.45, 2.75) is 25.8 Å². The summed E-state index contributed by atoms with van der Waals surface area (Å²) in [6.07, 6.45) is 0.834. The van der Waals surface area contributed by atoms with E-state index in [2.05, 4.69) is 40.7 Å². The van der Waals surface area contributed by atoms with Crippen LogP contribution in [0.25, 0.3) is 0 Å². The number of ether oxygens (including phenoxy) is 1. The maximum absolute atomic E-state index is 11.8. The number of carbonyl (C=O) groups excluding carboxylic acids is 1. The predicted octanol–water partition coefficient (Wildman–Crippen LogP) is 3.23. The first-order chi connectivity index (χ1) is 8.48. The van der Waals surface area contributed by atoms with E-state index in [1.54, 1.807) is 0 Å². The van der Waals surface area contributed by atoms with Crippen molar-refractivity contribution in [1.29, 1.82) is 0 Å². The number of nitrogens with zero attached hydrogens (tertiary/aromatic N) is 1. The number of halogens is 1. The van der Waals surface area contributed by atoms with Gasteiger partial charge in [-0.2, -0.15) is 0 Å². The van der Waals surface area contributed by atoms with E-state index < -0.39 is 0 Å². The molecule has 3 nitrogen and oxygen atoms in total. The monoisotopic (exact) mass is 311 g/mol. The van der Waals surface area contributed by atoms with E-state index in [-0.39, 0.29) is 17.4 Å². The summed E-state index contributed by atoms with van der Waals surface area (Å²) in [6.45, 7) is 5.07. The van der Waals surface area contributed by atoms with Crippen LogP contribution in [-0.4, -0.2) is 25.2 Å². The van der Waals surface area contributed by atoms with Crippen molar-refractivity contribution >= 4 is 27.6 Å². The van der Waals surface area contributed by atoms with E-state index in [0.717, 1.165) is 23.1 Å². The van der Waals surface area contributed by atoms with Crippen molar-refractivity contribution in [3.05, 3.63) is 28.7 Å². The summed E-state index contributed by atoms with van der Waals surface area (Å²) in [5.74, 6) is -0.191. The molecule has 1 heterocycles. The number of carbonyl (C=O) groups is 1. The number of hydrogen-bond acceptors (Lipinski definition) is 3. The molecule has 0 radical (unpaired) electrons. The molecule has 18 heavy (non-hydrogen) atoms. The number of para-hydroxylation sites is 1. The first-order valence-corrected chi connectivity index (χ1v) is 6.87. The normalized spacial score (nSPS) is 22.0. The van der Waals surface area contributed by atoms with Crippen molar-refractivity contribution in [2.75, 3.05) is 18.6 Å². The molecule has 0 aromatic heterocycles. The average molecular weight is 312 g/mol. The van der Waals surface area contributed by atoms with E-state index in [1.165, 1.54) is 7.11 Å². The van der Waals surface area contributed by atoms with Gasteiger partial charge in [-0.15, -0.1) is 0 Å². The van der Waals surface area contributed by atoms with E-state index in [1.807, 2.05) is 18.2 Å². The molecule has 1 aromatic rings. The Hall–Kier alpha value is -1.03. The lowest BCUT2D eigenvalue weighted by atomic mass is 9.88. The molecule has 4 heteroatoms. The molecule has 0 amide bonds. The molecule has 1 saturated heterocycles. The summed E-state index contributed by atoms with van der Waals surface area (Å²) < 4.78 is 5.97. The van der Waals surface area contributed by atoms with Gasteiger partial charge >= 0.3 is 5.97 Å². The molecule has 0 aliphatic carbocycles. The van der Waals surface area contributed by atoms with Crippen molar-refractivity contribution in [2.24, 2.45) is 5.92 Å². The molecule has 1 fully saturated rings. The fraction of sp³-hybridized carbons (Fsp3) is 0.500. The highest BCUT2D eigenvalue weighted by atomic mass is 79.9. The van der Waals surface area contributed by atoms with Crippen LogP contribution in [0.1, 0.15) is 20.3 Å². The Labute approximate surface area is 116 Å². The number of rotatable bonds is 2. The molecule has 0 N–H and O–H groups in total. The van der Waals surface area contributed by atoms with Crippen LogP contribution in [0.15, 0.2) is 28.7 Å². The van der Waals surface area contributed by atoms with Crippen LogP contribution in [-0.2, 0) is 9.53 Å². The van der Waals surface area contributed by atoms with Gasteiger partial charge in [0.25, 0.3) is 0 Å². The Morgan fingerprint density at radius 2 is 2.11 bits per heavy atom. The zero-order valence-corrected chi connectivity index (χ0v) is 12.5. The lowest BCUT2D eigenvalue weighted by Crippen LogP contribution is -2.45. The minimum Gasteiger partial charge on any atom is -0.469 e. The van der Waals surface area contributed by atoms with Crippen LogP contribution < -0.4 is 4.90 Å². The third-order valence-electron chi connectivity index (χ3n) is 3.82. The van der Waals surface area contributed by atoms with Crippen LogP contribution in [0.5, 0.6) is 0 Å². The van der Waals surface area contributed by atoms with Crippen molar-refractivity contribution < 1.29 is 9.53 Å². The highest BCUT2D eigenvalue weighted by molar-refractivity contribution is 9.10. The fourth-order valence-corrected chi connectivity index (χ4v) is 3.24. The molecule has 1 aromatic carbocycles. The summed E-state index contributed by atoms with van der Waals surface area (Å²) in [7, 11) is 1.46. The Morgan fingerprint density at radius 1 is 1.44 bits per heavy atom. The van der Waals surface area contributed by atoms with Crippen LogP contribution in [0.4, 0.5) is 5.69 Å². The van der Waals surface area contributed by atoms with Gasteiger partial charge in [0.2, 0.25) is 0 Å². The second kappa shape index (κ2) is 4.92. The summed E-state index contributed by atoms with van der Waals surface area (Å²) in [5.41, 5.74) is 0.908. The molecule has 0 spiro atoms. The summed E-state index contributed by atoms with van der Waals surface area (Å²) in [4.78, 5) is 14.1. The summed E-state index contributed by atoms with van der Waals surface area (Å²) in [5, 5.41) is 0. The van der Waals surface area contributed by atoms with Gasteiger partial charge in [0.1, 0.15) is 0 Å². The number of esters is 1. The molecule has 1 aliphatic heterocycles. The number of anilines is 1. The minimum atomic E-state index is -0.225. The molecule has 0 bridgehead atoms. The SMILES string of the molecule is COC(=O)C1CCN(c2ccccc2Br)C1(C)C. The van der Waals surface area contributed by atoms with Crippen LogP contribution in [0.2, 0.25) is 0 Å². The van der Waals surface area contributed by atoms with E-state index in [9.17, 15) is 4.79 Å². The standard InChI is InChI=1S/C14H18BrNO2/c1-14(2)10(13(17)18-3)8-9-16(14)12-7-5-4-6-11(12)15/h4-7,10H,8-9H2,1-3H3. The van der Waals surface area contributed by atoms with Gasteiger partial charge < -0.3 is 9.64 Å². The first kappa shape index (κ1) is 13.4. The molecule has 1 aliphatic rings. The Bertz CT molecular complexity index is 459. The van der Waals surface area contributed by atoms with E-state index >= 15 is 0 Å². The lowest BCUT2D eigenvalue weighted by molar-refractivity contribution is -0.146. The molecule has 1 unspecified atom stereocenters. The average Bonchev–Trinajstić information content (AvgIpc) is 2.64. The van der Waals surface area contributed by atoms with E-state index in [4.69, 9.17) is 4.74 Å². The number of hydrogen-bond donors (Lipinski definition) is 0. The van der Waals surface area contributed by atoms with Gasteiger partial charge in [0.05, 0.1) is 18.7 Å². The molecule has 98 valence electrons. The van der Waals surface area contributed by atoms with Gasteiger partial charge in [0, 0.05) is 16.6 Å². The highest BCUT2D eigenvalue weighted by Gasteiger charge is 2.46. The summed E-state index contributed by atoms with van der Waals surface area (Å²) in [6, 6.07) is 8.11. The van der Waals surface area contributed by atoms with Gasteiger partial charge in [-0.05, 0) is 48.3 Å². The van der Waals surface area contributed by atoms with E-state index in [0.29, 0.717) is 0 Å². The molecule has 1 atom stereocenters. The van der Waals surface area contributed by atoms with Crippen molar-refractivity contribution in [1.82, 2.24) is 0 Å². The van der Waals surface area contributed by atoms with Gasteiger partial charge in [0.15, 0.2) is 0 Å². The van der Waals surface area contributed by atoms with Gasteiger partial charge in [-0.1, -0.05) is 12.1 Å². The van der Waals surface area contributed by atoms with Crippen molar-refractivity contribution in [3.63, 3.8) is 0 Å². The van der Waals surface area contributed by atoms with Crippen molar-refractivity contribution in [3.8, 4) is 0 Å². The zero-order valence-electron chi connectivity index (χ0n) is 10.9. The second-order valence-electron chi connectivity index (χ2n) is 5.12.